The van der Waals surface area contributed by atoms with Gasteiger partial charge < -0.3 is 15.7 Å². The summed E-state index contributed by atoms with van der Waals surface area (Å²) in [6, 6.07) is -0.593. The maximum atomic E-state index is 11.8. The first-order valence-corrected chi connectivity index (χ1v) is 10.3. The molecule has 2 atom stereocenters. The van der Waals surface area contributed by atoms with Gasteiger partial charge >= 0.3 is 5.97 Å². The number of nitrogens with two attached hydrogens (primary N) is 1. The number of aromatic nitrogens is 2. The van der Waals surface area contributed by atoms with Crippen LogP contribution in [0.25, 0.3) is 0 Å². The number of rotatable bonds is 5. The Kier molecular flexibility index (Phi) is 7.03. The molecule has 2 aliphatic heterocycles. The fraction of sp³-hybridized carbons (Fsp3) is 0.500. The lowest BCUT2D eigenvalue weighted by Gasteiger charge is -2.48. The second-order valence-electron chi connectivity index (χ2n) is 5.64. The van der Waals surface area contributed by atoms with Gasteiger partial charge in [-0.1, -0.05) is 23.1 Å². The third kappa shape index (κ3) is 4.55. The van der Waals surface area contributed by atoms with Crippen molar-refractivity contribution in [2.45, 2.75) is 22.7 Å². The molecule has 2 unspecified atom stereocenters. The minimum Gasteiger partial charge on any atom is -0.477 e. The molecule has 0 aromatic carbocycles. The highest BCUT2D eigenvalue weighted by Gasteiger charge is 2.51. The molecule has 142 valence electrons. The maximum absolute atomic E-state index is 11.8. The van der Waals surface area contributed by atoms with Gasteiger partial charge in [0.15, 0.2) is 4.34 Å². The highest BCUT2D eigenvalue weighted by Crippen LogP contribution is 2.40. The van der Waals surface area contributed by atoms with Crippen LogP contribution in [0.1, 0.15) is 5.01 Å². The fourth-order valence-corrected chi connectivity index (χ4v) is 5.42. The number of aliphatic carboxylic acids is 1. The van der Waals surface area contributed by atoms with Crippen LogP contribution < -0.4 is 5.73 Å². The molecule has 0 saturated carbocycles. The lowest BCUT2D eigenvalue weighted by Crippen LogP contribution is -2.68. The summed E-state index contributed by atoms with van der Waals surface area (Å²) >= 11 is 4.41. The first kappa shape index (κ1) is 20.7. The molecule has 2 amide bonds. The number of fused-ring (bicyclic) bond motifs is 1. The monoisotopic (exact) mass is 417 g/mol. The third-order valence-electron chi connectivity index (χ3n) is 3.38. The topological polar surface area (TPSA) is 130 Å². The lowest BCUT2D eigenvalue weighted by atomic mass is 10.0. The molecular formula is C14H19N5O4S3. The van der Waals surface area contributed by atoms with E-state index < -0.39 is 12.0 Å². The van der Waals surface area contributed by atoms with Crippen molar-refractivity contribution in [3.8, 4) is 0 Å². The van der Waals surface area contributed by atoms with Crippen LogP contribution >= 0.6 is 34.9 Å². The van der Waals surface area contributed by atoms with Gasteiger partial charge in [0.05, 0.1) is 0 Å². The van der Waals surface area contributed by atoms with Gasteiger partial charge in [-0.3, -0.25) is 14.5 Å². The quantitative estimate of drug-likeness (QED) is 0.392. The van der Waals surface area contributed by atoms with Crippen LogP contribution in [0.3, 0.4) is 0 Å². The molecule has 0 aliphatic carbocycles. The van der Waals surface area contributed by atoms with E-state index in [9.17, 15) is 19.5 Å². The molecule has 2 aliphatic rings. The molecule has 1 saturated heterocycles. The van der Waals surface area contributed by atoms with Crippen molar-refractivity contribution >= 4 is 53.1 Å². The molecule has 3 N–H and O–H groups in total. The first-order valence-electron chi connectivity index (χ1n) is 7.46. The van der Waals surface area contributed by atoms with Crippen molar-refractivity contribution in [2.75, 3.05) is 25.6 Å². The summed E-state index contributed by atoms with van der Waals surface area (Å²) in [5.74, 6) is -0.354. The van der Waals surface area contributed by atoms with Crippen molar-refractivity contribution in [3.05, 3.63) is 16.3 Å². The van der Waals surface area contributed by atoms with E-state index in [2.05, 4.69) is 10.2 Å². The highest BCUT2D eigenvalue weighted by molar-refractivity contribution is 8.01. The number of carbonyl (C=O) groups excluding carboxylic acids is 2. The Morgan fingerprint density at radius 2 is 2.15 bits per heavy atom. The Labute approximate surface area is 163 Å². The van der Waals surface area contributed by atoms with Gasteiger partial charge in [0.25, 0.3) is 0 Å². The van der Waals surface area contributed by atoms with Gasteiger partial charge in [-0.15, -0.1) is 22.0 Å². The molecule has 3 rings (SSSR count). The maximum Gasteiger partial charge on any atom is 0.352 e. The number of carboxylic acid groups (broad SMARTS) is 1. The minimum atomic E-state index is -1.08. The Morgan fingerprint density at radius 1 is 1.50 bits per heavy atom. The molecule has 0 bridgehead atoms. The number of amides is 2. The van der Waals surface area contributed by atoms with E-state index in [0.717, 1.165) is 21.3 Å². The molecule has 12 heteroatoms. The summed E-state index contributed by atoms with van der Waals surface area (Å²) in [5, 5.41) is 17.9. The molecule has 0 spiro atoms. The van der Waals surface area contributed by atoms with Crippen LogP contribution in [-0.4, -0.2) is 80.4 Å². The van der Waals surface area contributed by atoms with Crippen molar-refractivity contribution in [2.24, 2.45) is 5.73 Å². The van der Waals surface area contributed by atoms with Gasteiger partial charge in [0.1, 0.15) is 22.1 Å². The average molecular weight is 418 g/mol. The second kappa shape index (κ2) is 8.84. The van der Waals surface area contributed by atoms with E-state index in [4.69, 9.17) is 5.73 Å². The Hall–Kier alpha value is -1.63. The number of carbonyl (C=O) groups is 3. The predicted octanol–water partition coefficient (Wildman–Crippen LogP) is 0.224. The molecule has 0 radical (unpaired) electrons. The Morgan fingerprint density at radius 3 is 2.65 bits per heavy atom. The highest BCUT2D eigenvalue weighted by atomic mass is 32.2. The van der Waals surface area contributed by atoms with E-state index in [1.54, 1.807) is 14.1 Å². The van der Waals surface area contributed by atoms with Crippen molar-refractivity contribution < 1.29 is 19.5 Å². The first-order chi connectivity index (χ1) is 12.3. The standard InChI is InChI=1S/C11H12N4O3S3.C3H7NO/c1-4-13-14-11(21-4)20-3-5-2-19-9-6(12)8(16)15(9)7(5)10(17)18;1-4(2)3-5/h6,9H,2-3,12H2,1H3,(H,17,18);3H,1-2H3. The van der Waals surface area contributed by atoms with Gasteiger partial charge in [-0.2, -0.15) is 0 Å². The molecule has 1 fully saturated rings. The van der Waals surface area contributed by atoms with Crippen LogP contribution in [0.2, 0.25) is 0 Å². The van der Waals surface area contributed by atoms with Crippen LogP contribution in [-0.2, 0) is 14.4 Å². The molecule has 1 aromatic heterocycles. The van der Waals surface area contributed by atoms with Crippen molar-refractivity contribution in [1.29, 1.82) is 0 Å². The normalized spacial score (nSPS) is 21.4. The van der Waals surface area contributed by atoms with Crippen LogP contribution in [0.5, 0.6) is 0 Å². The van der Waals surface area contributed by atoms with Gasteiger partial charge in [-0.25, -0.2) is 4.79 Å². The predicted molar refractivity (Wildman–Crippen MR) is 101 cm³/mol. The number of hydrogen-bond donors (Lipinski definition) is 2. The number of nitrogens with zero attached hydrogens (tertiary/aromatic N) is 4. The van der Waals surface area contributed by atoms with Gasteiger partial charge in [0.2, 0.25) is 12.3 Å². The summed E-state index contributed by atoms with van der Waals surface area (Å²) in [7, 11) is 3.38. The summed E-state index contributed by atoms with van der Waals surface area (Å²) in [6.45, 7) is 1.87. The van der Waals surface area contributed by atoms with Gasteiger partial charge in [0, 0.05) is 25.6 Å². The zero-order chi connectivity index (χ0) is 19.4. The van der Waals surface area contributed by atoms with Crippen LogP contribution in [0.4, 0.5) is 0 Å². The number of thioether (sulfide) groups is 2. The van der Waals surface area contributed by atoms with E-state index in [0.29, 0.717) is 11.5 Å². The fourth-order valence-electron chi connectivity index (χ4n) is 2.18. The van der Waals surface area contributed by atoms with E-state index in [1.807, 2.05) is 6.92 Å². The lowest BCUT2D eigenvalue weighted by molar-refractivity contribution is -0.147. The Balaban J connectivity index is 0.000000431. The van der Waals surface area contributed by atoms with Crippen molar-refractivity contribution in [3.63, 3.8) is 0 Å². The summed E-state index contributed by atoms with van der Waals surface area (Å²) in [5.41, 5.74) is 6.51. The third-order valence-corrected chi connectivity index (χ3v) is 6.80. The Bertz CT molecular complexity index is 736. The van der Waals surface area contributed by atoms with Crippen LogP contribution in [0.15, 0.2) is 15.6 Å². The molecule has 1 aromatic rings. The number of aryl methyl sites for hydroxylation is 1. The number of β-lactam (4-membered cyclic amide) rings is 1. The molecule has 9 nitrogen and oxygen atoms in total. The van der Waals surface area contributed by atoms with Crippen LogP contribution in [0, 0.1) is 6.92 Å². The minimum absolute atomic E-state index is 0.0826. The molecule has 26 heavy (non-hydrogen) atoms. The summed E-state index contributed by atoms with van der Waals surface area (Å²) in [4.78, 5) is 35.5. The number of hydrogen-bond acceptors (Lipinski definition) is 9. The number of carboxylic acids is 1. The smallest absolute Gasteiger partial charge is 0.352 e. The zero-order valence-electron chi connectivity index (χ0n) is 14.4. The molecular weight excluding hydrogens is 398 g/mol. The SMILES string of the molecule is CN(C)C=O.Cc1nnc(SCC2=C(C(=O)O)N3C(=O)C(N)C3SC2)s1. The van der Waals surface area contributed by atoms with Gasteiger partial charge in [-0.05, 0) is 12.5 Å². The van der Waals surface area contributed by atoms with E-state index in [1.165, 1.54) is 44.7 Å². The van der Waals surface area contributed by atoms with E-state index >= 15 is 0 Å². The van der Waals surface area contributed by atoms with E-state index in [-0.39, 0.29) is 17.0 Å². The van der Waals surface area contributed by atoms with Crippen molar-refractivity contribution in [1.82, 2.24) is 20.0 Å². The summed E-state index contributed by atoms with van der Waals surface area (Å²) in [6.07, 6.45) is 0.750. The average Bonchev–Trinajstić information content (AvgIpc) is 3.03. The largest absolute Gasteiger partial charge is 0.477 e. The zero-order valence-corrected chi connectivity index (χ0v) is 16.9. The second-order valence-corrected chi connectivity index (χ2v) is 9.15. The molecule has 3 heterocycles. The summed E-state index contributed by atoms with van der Waals surface area (Å²) < 4.78 is 0.795.